The van der Waals surface area contributed by atoms with E-state index in [1.54, 1.807) is 7.05 Å². The van der Waals surface area contributed by atoms with Gasteiger partial charge < -0.3 is 10.6 Å². The first kappa shape index (κ1) is 15.7. The van der Waals surface area contributed by atoms with E-state index in [9.17, 15) is 4.79 Å². The predicted octanol–water partition coefficient (Wildman–Crippen LogP) is 3.10. The van der Waals surface area contributed by atoms with E-state index in [1.807, 2.05) is 24.3 Å². The van der Waals surface area contributed by atoms with Crippen LogP contribution < -0.4 is 10.6 Å². The van der Waals surface area contributed by atoms with Crippen LogP contribution in [0, 0.1) is 0 Å². The molecule has 0 spiro atoms. The van der Waals surface area contributed by atoms with Crippen molar-refractivity contribution in [3.05, 3.63) is 35.4 Å². The van der Waals surface area contributed by atoms with E-state index in [0.717, 1.165) is 6.54 Å². The molecule has 0 bridgehead atoms. The Balaban J connectivity index is 2.35. The fraction of sp³-hybridized carbons (Fsp3) is 0.562. The minimum absolute atomic E-state index is 0.0348. The first-order chi connectivity index (χ1) is 9.17. The average Bonchev–Trinajstić information content (AvgIpc) is 2.45. The zero-order valence-electron chi connectivity index (χ0n) is 12.3. The Hall–Kier alpha value is -1.35. The van der Waals surface area contributed by atoms with Crippen LogP contribution in [0.1, 0.15) is 55.5 Å². The van der Waals surface area contributed by atoms with Crippen molar-refractivity contribution in [3.63, 3.8) is 0 Å². The minimum atomic E-state index is -0.0348. The number of rotatable bonds is 8. The van der Waals surface area contributed by atoms with Crippen molar-refractivity contribution in [2.75, 3.05) is 7.05 Å². The summed E-state index contributed by atoms with van der Waals surface area (Å²) < 4.78 is 0. The molecule has 1 unspecified atom stereocenters. The van der Waals surface area contributed by atoms with E-state index in [0.29, 0.717) is 11.6 Å². The lowest BCUT2D eigenvalue weighted by molar-refractivity contribution is 0.0963. The minimum Gasteiger partial charge on any atom is -0.355 e. The van der Waals surface area contributed by atoms with Crippen LogP contribution in [-0.4, -0.2) is 19.0 Å². The third-order valence-electron chi connectivity index (χ3n) is 3.34. The molecule has 0 aliphatic rings. The molecule has 1 rings (SSSR count). The van der Waals surface area contributed by atoms with Crippen LogP contribution in [-0.2, 0) is 6.54 Å². The highest BCUT2D eigenvalue weighted by atomic mass is 16.1. The van der Waals surface area contributed by atoms with Gasteiger partial charge in [-0.15, -0.1) is 0 Å². The second-order valence-electron chi connectivity index (χ2n) is 5.05. The number of hydrogen-bond donors (Lipinski definition) is 2. The average molecular weight is 262 g/mol. The molecule has 2 N–H and O–H groups in total. The fourth-order valence-corrected chi connectivity index (χ4v) is 2.01. The second kappa shape index (κ2) is 8.70. The number of carbonyl (C=O) groups excluding carboxylic acids is 1. The molecule has 1 atom stereocenters. The third-order valence-corrected chi connectivity index (χ3v) is 3.34. The molecule has 0 aliphatic heterocycles. The van der Waals surface area contributed by atoms with Crippen molar-refractivity contribution in [1.29, 1.82) is 0 Å². The van der Waals surface area contributed by atoms with Gasteiger partial charge in [-0.25, -0.2) is 0 Å². The van der Waals surface area contributed by atoms with Crippen molar-refractivity contribution in [1.82, 2.24) is 10.6 Å². The summed E-state index contributed by atoms with van der Waals surface area (Å²) in [5.74, 6) is -0.0348. The molecule has 1 aromatic rings. The predicted molar refractivity (Wildman–Crippen MR) is 80.3 cm³/mol. The summed E-state index contributed by atoms with van der Waals surface area (Å²) in [7, 11) is 1.65. The number of benzene rings is 1. The highest BCUT2D eigenvalue weighted by molar-refractivity contribution is 5.93. The molecule has 0 heterocycles. The van der Waals surface area contributed by atoms with Crippen LogP contribution in [0.5, 0.6) is 0 Å². The summed E-state index contributed by atoms with van der Waals surface area (Å²) in [5, 5.41) is 6.14. The molecule has 0 saturated heterocycles. The maximum atomic E-state index is 11.4. The fourth-order valence-electron chi connectivity index (χ4n) is 2.01. The van der Waals surface area contributed by atoms with Crippen molar-refractivity contribution in [2.24, 2.45) is 0 Å². The normalized spacial score (nSPS) is 12.2. The number of nitrogens with one attached hydrogen (secondary N) is 2. The van der Waals surface area contributed by atoms with Gasteiger partial charge in [-0.2, -0.15) is 0 Å². The van der Waals surface area contributed by atoms with Crippen molar-refractivity contribution >= 4 is 5.91 Å². The largest absolute Gasteiger partial charge is 0.355 e. The van der Waals surface area contributed by atoms with E-state index >= 15 is 0 Å². The first-order valence-corrected chi connectivity index (χ1v) is 7.21. The van der Waals surface area contributed by atoms with Crippen LogP contribution in [0.3, 0.4) is 0 Å². The van der Waals surface area contributed by atoms with Crippen LogP contribution in [0.4, 0.5) is 0 Å². The Morgan fingerprint density at radius 1 is 1.21 bits per heavy atom. The highest BCUT2D eigenvalue weighted by Gasteiger charge is 2.04. The molecule has 3 heteroatoms. The number of unbranched alkanes of at least 4 members (excludes halogenated alkanes) is 2. The van der Waals surface area contributed by atoms with Gasteiger partial charge in [-0.1, -0.05) is 38.3 Å². The van der Waals surface area contributed by atoms with E-state index in [4.69, 9.17) is 0 Å². The Bertz CT molecular complexity index is 373. The molecule has 0 radical (unpaired) electrons. The van der Waals surface area contributed by atoms with Gasteiger partial charge in [0.05, 0.1) is 0 Å². The van der Waals surface area contributed by atoms with Gasteiger partial charge in [0.2, 0.25) is 0 Å². The summed E-state index contributed by atoms with van der Waals surface area (Å²) in [5.41, 5.74) is 1.93. The van der Waals surface area contributed by atoms with Crippen LogP contribution >= 0.6 is 0 Å². The lowest BCUT2D eigenvalue weighted by Gasteiger charge is -2.13. The van der Waals surface area contributed by atoms with E-state index in [1.165, 1.54) is 31.2 Å². The topological polar surface area (TPSA) is 41.1 Å². The second-order valence-corrected chi connectivity index (χ2v) is 5.05. The van der Waals surface area contributed by atoms with Gasteiger partial charge in [0.1, 0.15) is 0 Å². The standard InChI is InChI=1S/C16H26N2O/c1-4-5-6-7-13(2)18-12-14-8-10-15(11-9-14)16(19)17-3/h8-11,13,18H,4-7,12H2,1-3H3,(H,17,19). The van der Waals surface area contributed by atoms with Crippen LogP contribution in [0.2, 0.25) is 0 Å². The van der Waals surface area contributed by atoms with Crippen LogP contribution in [0.25, 0.3) is 0 Å². The summed E-state index contributed by atoms with van der Waals surface area (Å²) in [6, 6.07) is 8.31. The summed E-state index contributed by atoms with van der Waals surface area (Å²) in [4.78, 5) is 11.4. The molecule has 0 aromatic heterocycles. The first-order valence-electron chi connectivity index (χ1n) is 7.21. The Labute approximate surface area is 116 Å². The van der Waals surface area contributed by atoms with Crippen molar-refractivity contribution in [2.45, 2.75) is 52.1 Å². The SMILES string of the molecule is CCCCCC(C)NCc1ccc(C(=O)NC)cc1. The quantitative estimate of drug-likeness (QED) is 0.707. The molecule has 3 nitrogen and oxygen atoms in total. The Morgan fingerprint density at radius 3 is 2.47 bits per heavy atom. The van der Waals surface area contributed by atoms with Gasteiger partial charge in [0, 0.05) is 25.2 Å². The Kier molecular flexibility index (Phi) is 7.19. The molecule has 19 heavy (non-hydrogen) atoms. The van der Waals surface area contributed by atoms with Gasteiger partial charge in [-0.05, 0) is 31.0 Å². The van der Waals surface area contributed by atoms with E-state index in [-0.39, 0.29) is 5.91 Å². The molecule has 1 aromatic carbocycles. The lowest BCUT2D eigenvalue weighted by Crippen LogP contribution is -2.25. The summed E-state index contributed by atoms with van der Waals surface area (Å²) in [6.07, 6.45) is 5.10. The molecule has 0 aliphatic carbocycles. The molecular weight excluding hydrogens is 236 g/mol. The molecule has 106 valence electrons. The van der Waals surface area contributed by atoms with Gasteiger partial charge in [0.15, 0.2) is 0 Å². The number of amides is 1. The monoisotopic (exact) mass is 262 g/mol. The van der Waals surface area contributed by atoms with E-state index < -0.39 is 0 Å². The maximum absolute atomic E-state index is 11.4. The summed E-state index contributed by atoms with van der Waals surface area (Å²) >= 11 is 0. The highest BCUT2D eigenvalue weighted by Crippen LogP contribution is 2.07. The van der Waals surface area contributed by atoms with Crippen LogP contribution in [0.15, 0.2) is 24.3 Å². The Morgan fingerprint density at radius 2 is 1.89 bits per heavy atom. The summed E-state index contributed by atoms with van der Waals surface area (Å²) in [6.45, 7) is 5.32. The van der Waals surface area contributed by atoms with Gasteiger partial charge in [0.25, 0.3) is 5.91 Å². The molecule has 0 fully saturated rings. The molecule has 0 saturated carbocycles. The third kappa shape index (κ3) is 5.88. The van der Waals surface area contributed by atoms with Crippen molar-refractivity contribution in [3.8, 4) is 0 Å². The number of carbonyl (C=O) groups is 1. The zero-order valence-corrected chi connectivity index (χ0v) is 12.3. The zero-order chi connectivity index (χ0) is 14.1. The lowest BCUT2D eigenvalue weighted by atomic mass is 10.1. The smallest absolute Gasteiger partial charge is 0.251 e. The maximum Gasteiger partial charge on any atom is 0.251 e. The van der Waals surface area contributed by atoms with Crippen molar-refractivity contribution < 1.29 is 4.79 Å². The van der Waals surface area contributed by atoms with E-state index in [2.05, 4.69) is 24.5 Å². The molecule has 1 amide bonds. The molecular formula is C16H26N2O. The van der Waals surface area contributed by atoms with Gasteiger partial charge >= 0.3 is 0 Å². The van der Waals surface area contributed by atoms with Gasteiger partial charge in [-0.3, -0.25) is 4.79 Å². The number of hydrogen-bond acceptors (Lipinski definition) is 2.